The number of aromatic nitrogens is 2. The van der Waals surface area contributed by atoms with Gasteiger partial charge in [0, 0.05) is 18.5 Å². The molecule has 2 heterocycles. The lowest BCUT2D eigenvalue weighted by atomic mass is 10.3. The molecule has 8 heteroatoms. The van der Waals surface area contributed by atoms with Crippen molar-refractivity contribution in [1.82, 2.24) is 15.3 Å². The van der Waals surface area contributed by atoms with Crippen LogP contribution in [0, 0.1) is 6.92 Å². The quantitative estimate of drug-likeness (QED) is 0.628. The SMILES string of the molecule is COCCNC(=O)CNc1nc(Cl)nc2sc(C)cc12. The maximum absolute atomic E-state index is 11.6. The van der Waals surface area contributed by atoms with Gasteiger partial charge in [-0.25, -0.2) is 9.97 Å². The number of carbonyl (C=O) groups is 1. The fourth-order valence-electron chi connectivity index (χ4n) is 1.67. The molecule has 2 rings (SSSR count). The fraction of sp³-hybridized carbons (Fsp3) is 0.417. The summed E-state index contributed by atoms with van der Waals surface area (Å²) in [6.07, 6.45) is 0. The lowest BCUT2D eigenvalue weighted by molar-refractivity contribution is -0.119. The van der Waals surface area contributed by atoms with E-state index >= 15 is 0 Å². The van der Waals surface area contributed by atoms with Gasteiger partial charge in [0.15, 0.2) is 0 Å². The Balaban J connectivity index is 2.04. The third kappa shape index (κ3) is 3.78. The zero-order valence-electron chi connectivity index (χ0n) is 11.2. The van der Waals surface area contributed by atoms with Crippen LogP contribution in [0.2, 0.25) is 5.28 Å². The van der Waals surface area contributed by atoms with Crippen molar-refractivity contribution >= 4 is 44.9 Å². The molecule has 2 aromatic heterocycles. The lowest BCUT2D eigenvalue weighted by Gasteiger charge is -2.07. The van der Waals surface area contributed by atoms with Gasteiger partial charge in [-0.1, -0.05) is 0 Å². The summed E-state index contributed by atoms with van der Waals surface area (Å²) >= 11 is 7.42. The highest BCUT2D eigenvalue weighted by Gasteiger charge is 2.10. The molecular formula is C12H15ClN4O2S. The van der Waals surface area contributed by atoms with E-state index in [9.17, 15) is 4.79 Å². The molecule has 2 N–H and O–H groups in total. The summed E-state index contributed by atoms with van der Waals surface area (Å²) in [5.41, 5.74) is 0. The third-order valence-corrected chi connectivity index (χ3v) is 3.65. The summed E-state index contributed by atoms with van der Waals surface area (Å²) in [6, 6.07) is 1.97. The van der Waals surface area contributed by atoms with Gasteiger partial charge in [-0.05, 0) is 24.6 Å². The molecule has 0 aromatic carbocycles. The molecule has 0 aliphatic carbocycles. The minimum atomic E-state index is -0.128. The summed E-state index contributed by atoms with van der Waals surface area (Å²) < 4.78 is 4.86. The van der Waals surface area contributed by atoms with Crippen molar-refractivity contribution in [3.8, 4) is 0 Å². The molecule has 0 atom stereocenters. The average Bonchev–Trinajstić information content (AvgIpc) is 2.76. The zero-order chi connectivity index (χ0) is 14.5. The fourth-order valence-corrected chi connectivity index (χ4v) is 2.77. The molecular weight excluding hydrogens is 300 g/mol. The monoisotopic (exact) mass is 314 g/mol. The van der Waals surface area contributed by atoms with Crippen LogP contribution < -0.4 is 10.6 Å². The molecule has 1 amide bonds. The predicted octanol–water partition coefficient (Wildman–Crippen LogP) is 1.83. The number of ether oxygens (including phenoxy) is 1. The van der Waals surface area contributed by atoms with Gasteiger partial charge in [0.1, 0.15) is 10.6 Å². The number of carbonyl (C=O) groups excluding carboxylic acids is 1. The molecule has 2 aromatic rings. The van der Waals surface area contributed by atoms with Gasteiger partial charge in [-0.15, -0.1) is 11.3 Å². The van der Waals surface area contributed by atoms with Crippen molar-refractivity contribution in [1.29, 1.82) is 0 Å². The maximum Gasteiger partial charge on any atom is 0.239 e. The summed E-state index contributed by atoms with van der Waals surface area (Å²) in [5, 5.41) is 6.75. The molecule has 0 aliphatic heterocycles. The van der Waals surface area contributed by atoms with E-state index in [4.69, 9.17) is 16.3 Å². The second kappa shape index (κ2) is 6.83. The summed E-state index contributed by atoms with van der Waals surface area (Å²) in [5.74, 6) is 0.447. The Bertz CT molecular complexity index is 617. The van der Waals surface area contributed by atoms with Crippen molar-refractivity contribution in [2.45, 2.75) is 6.92 Å². The van der Waals surface area contributed by atoms with Crippen molar-refractivity contribution in [2.75, 3.05) is 32.1 Å². The molecule has 0 radical (unpaired) electrons. The van der Waals surface area contributed by atoms with E-state index < -0.39 is 0 Å². The average molecular weight is 315 g/mol. The van der Waals surface area contributed by atoms with Gasteiger partial charge in [-0.3, -0.25) is 4.79 Å². The number of aryl methyl sites for hydroxylation is 1. The van der Waals surface area contributed by atoms with E-state index in [2.05, 4.69) is 20.6 Å². The standard InChI is InChI=1S/C12H15ClN4O2S/c1-7-5-8-10(16-12(13)17-11(8)20-7)15-6-9(18)14-3-4-19-2/h5H,3-4,6H2,1-2H3,(H,14,18)(H,15,16,17). The molecule has 0 spiro atoms. The van der Waals surface area contributed by atoms with E-state index in [1.165, 1.54) is 11.3 Å². The number of nitrogens with zero attached hydrogens (tertiary/aromatic N) is 2. The smallest absolute Gasteiger partial charge is 0.239 e. The Morgan fingerprint density at radius 2 is 2.30 bits per heavy atom. The first kappa shape index (κ1) is 15.0. The third-order valence-electron chi connectivity index (χ3n) is 2.53. The van der Waals surface area contributed by atoms with Crippen molar-refractivity contribution < 1.29 is 9.53 Å². The van der Waals surface area contributed by atoms with Crippen LogP contribution >= 0.6 is 22.9 Å². The van der Waals surface area contributed by atoms with Gasteiger partial charge >= 0.3 is 0 Å². The molecule has 0 aliphatic rings. The van der Waals surface area contributed by atoms with Crippen molar-refractivity contribution in [3.05, 3.63) is 16.2 Å². The number of halogens is 1. The van der Waals surface area contributed by atoms with Crippen LogP contribution in [0.4, 0.5) is 5.82 Å². The van der Waals surface area contributed by atoms with Crippen LogP contribution in [0.1, 0.15) is 4.88 Å². The number of amides is 1. The van der Waals surface area contributed by atoms with Gasteiger partial charge in [0.25, 0.3) is 0 Å². The van der Waals surface area contributed by atoms with Crippen molar-refractivity contribution in [2.24, 2.45) is 0 Å². The van der Waals surface area contributed by atoms with Gasteiger partial charge in [0.2, 0.25) is 11.2 Å². The Morgan fingerprint density at radius 1 is 1.50 bits per heavy atom. The minimum absolute atomic E-state index is 0.126. The van der Waals surface area contributed by atoms with Crippen LogP contribution in [-0.2, 0) is 9.53 Å². The summed E-state index contributed by atoms with van der Waals surface area (Å²) in [7, 11) is 1.59. The second-order valence-corrected chi connectivity index (χ2v) is 5.69. The number of thiophene rings is 1. The van der Waals surface area contributed by atoms with Crippen LogP contribution in [0.5, 0.6) is 0 Å². The normalized spacial score (nSPS) is 10.8. The molecule has 0 saturated carbocycles. The van der Waals surface area contributed by atoms with Gasteiger partial charge < -0.3 is 15.4 Å². The first-order valence-electron chi connectivity index (χ1n) is 6.03. The predicted molar refractivity (Wildman–Crippen MR) is 80.5 cm³/mol. The first-order valence-corrected chi connectivity index (χ1v) is 7.23. The number of fused-ring (bicyclic) bond motifs is 1. The molecule has 20 heavy (non-hydrogen) atoms. The number of hydrogen-bond donors (Lipinski definition) is 2. The summed E-state index contributed by atoms with van der Waals surface area (Å²) in [6.45, 7) is 3.08. The number of nitrogens with one attached hydrogen (secondary N) is 2. The minimum Gasteiger partial charge on any atom is -0.383 e. The molecule has 0 bridgehead atoms. The highest BCUT2D eigenvalue weighted by atomic mass is 35.5. The Labute approximate surface area is 125 Å². The highest BCUT2D eigenvalue weighted by molar-refractivity contribution is 7.18. The molecule has 0 saturated heterocycles. The van der Waals surface area contributed by atoms with Gasteiger partial charge in [0.05, 0.1) is 18.5 Å². The lowest BCUT2D eigenvalue weighted by Crippen LogP contribution is -2.32. The van der Waals surface area contributed by atoms with Crippen LogP contribution in [-0.4, -0.2) is 42.7 Å². The zero-order valence-corrected chi connectivity index (χ0v) is 12.8. The van der Waals surface area contributed by atoms with E-state index in [0.717, 1.165) is 15.1 Å². The Kier molecular flexibility index (Phi) is 5.11. The molecule has 6 nitrogen and oxygen atoms in total. The maximum atomic E-state index is 11.6. The highest BCUT2D eigenvalue weighted by Crippen LogP contribution is 2.29. The Hall–Kier alpha value is -1.44. The molecule has 0 unspecified atom stereocenters. The number of hydrogen-bond acceptors (Lipinski definition) is 6. The first-order chi connectivity index (χ1) is 9.60. The topological polar surface area (TPSA) is 76.1 Å². The van der Waals surface area contributed by atoms with E-state index in [1.807, 2.05) is 13.0 Å². The van der Waals surface area contributed by atoms with Crippen LogP contribution in [0.15, 0.2) is 6.07 Å². The van der Waals surface area contributed by atoms with Gasteiger partial charge in [-0.2, -0.15) is 0 Å². The number of methoxy groups -OCH3 is 1. The van der Waals surface area contributed by atoms with E-state index in [1.54, 1.807) is 7.11 Å². The Morgan fingerprint density at radius 3 is 3.05 bits per heavy atom. The largest absolute Gasteiger partial charge is 0.383 e. The number of rotatable bonds is 6. The molecule has 0 fully saturated rings. The molecule has 108 valence electrons. The van der Waals surface area contributed by atoms with Crippen LogP contribution in [0.25, 0.3) is 10.2 Å². The van der Waals surface area contributed by atoms with E-state index in [-0.39, 0.29) is 17.7 Å². The van der Waals surface area contributed by atoms with Crippen LogP contribution in [0.3, 0.4) is 0 Å². The second-order valence-electron chi connectivity index (χ2n) is 4.11. The van der Waals surface area contributed by atoms with E-state index in [0.29, 0.717) is 19.0 Å². The number of anilines is 1. The summed E-state index contributed by atoms with van der Waals surface area (Å²) in [4.78, 5) is 21.8. The van der Waals surface area contributed by atoms with Crippen molar-refractivity contribution in [3.63, 3.8) is 0 Å².